The molecule has 5 nitrogen and oxygen atoms in total. The molecule has 0 radical (unpaired) electrons. The first-order valence-electron chi connectivity index (χ1n) is 14.2. The lowest BCUT2D eigenvalue weighted by atomic mass is 9.74. The summed E-state index contributed by atoms with van der Waals surface area (Å²) in [5, 5.41) is 22.8. The normalized spacial score (nSPS) is 23.0. The van der Waals surface area contributed by atoms with Crippen LogP contribution in [0.15, 0.2) is 78.9 Å². The number of carbonyl (C=O) groups is 1. The van der Waals surface area contributed by atoms with E-state index < -0.39 is 0 Å². The van der Waals surface area contributed by atoms with Gasteiger partial charge in [0.25, 0.3) is 0 Å². The summed E-state index contributed by atoms with van der Waals surface area (Å²) in [5.74, 6) is 0.487. The molecule has 1 saturated heterocycles. The molecule has 5 rings (SSSR count). The van der Waals surface area contributed by atoms with E-state index in [1.807, 2.05) is 30.3 Å². The van der Waals surface area contributed by atoms with Gasteiger partial charge >= 0.3 is 0 Å². The molecule has 1 unspecified atom stereocenters. The van der Waals surface area contributed by atoms with Crippen molar-refractivity contribution in [1.29, 1.82) is 0 Å². The number of nitrogens with zero attached hydrogens (tertiary/aromatic N) is 1. The zero-order chi connectivity index (χ0) is 26.3. The zero-order valence-electron chi connectivity index (χ0n) is 22.1. The second kappa shape index (κ2) is 12.6. The van der Waals surface area contributed by atoms with Gasteiger partial charge in [-0.05, 0) is 72.5 Å². The Labute approximate surface area is 226 Å². The number of aliphatic hydroxyl groups excluding tert-OH is 1. The Hall–Kier alpha value is -3.15. The molecule has 200 valence electrons. The van der Waals surface area contributed by atoms with Crippen molar-refractivity contribution in [2.45, 2.75) is 69.5 Å². The second-order valence-electron chi connectivity index (χ2n) is 11.0. The van der Waals surface area contributed by atoms with Crippen molar-refractivity contribution in [2.24, 2.45) is 5.92 Å². The van der Waals surface area contributed by atoms with Gasteiger partial charge < -0.3 is 15.5 Å². The van der Waals surface area contributed by atoms with Crippen molar-refractivity contribution < 1.29 is 15.0 Å². The van der Waals surface area contributed by atoms with Gasteiger partial charge in [-0.1, -0.05) is 86.0 Å². The maximum absolute atomic E-state index is 13.4. The number of hydrogen-bond acceptors (Lipinski definition) is 4. The van der Waals surface area contributed by atoms with Gasteiger partial charge in [-0.15, -0.1) is 0 Å². The van der Waals surface area contributed by atoms with Crippen LogP contribution in [-0.4, -0.2) is 34.2 Å². The Balaban J connectivity index is 1.26. The van der Waals surface area contributed by atoms with Gasteiger partial charge in [0.2, 0.25) is 5.91 Å². The first-order chi connectivity index (χ1) is 18.6. The quantitative estimate of drug-likeness (QED) is 0.334. The Morgan fingerprint density at radius 1 is 0.842 bits per heavy atom. The standard InChI is InChI=1S/C33H40N2O3/c36-23-31(26-8-2-1-3-9-26)34-33(38)30-11-5-4-10-29(30)25-15-13-24(14-16-25)22-35-21-7-6-12-32(35)27-17-19-28(37)20-18-27/h1-3,8-9,13-20,29-32,36-37H,4-7,10-12,21-23H2,(H,34,38)/t29-,30+,31+,32?/m1/s1. The number of likely N-dealkylation sites (tertiary alicyclic amines) is 1. The van der Waals surface area contributed by atoms with E-state index in [0.717, 1.165) is 50.8 Å². The fraction of sp³-hybridized carbons (Fsp3) is 0.424. The number of rotatable bonds is 8. The lowest BCUT2D eigenvalue weighted by Crippen LogP contribution is -2.39. The number of aromatic hydroxyl groups is 1. The molecule has 3 aromatic carbocycles. The maximum atomic E-state index is 13.4. The van der Waals surface area contributed by atoms with E-state index >= 15 is 0 Å². The van der Waals surface area contributed by atoms with E-state index in [-0.39, 0.29) is 30.4 Å². The predicted molar refractivity (Wildman–Crippen MR) is 151 cm³/mol. The molecule has 2 aliphatic rings. The highest BCUT2D eigenvalue weighted by Crippen LogP contribution is 2.39. The van der Waals surface area contributed by atoms with Crippen LogP contribution in [-0.2, 0) is 11.3 Å². The minimum atomic E-state index is -0.375. The zero-order valence-corrected chi connectivity index (χ0v) is 22.1. The Morgan fingerprint density at radius 2 is 1.53 bits per heavy atom. The smallest absolute Gasteiger partial charge is 0.224 e. The van der Waals surface area contributed by atoms with Gasteiger partial charge in [0.05, 0.1) is 12.6 Å². The van der Waals surface area contributed by atoms with Gasteiger partial charge in [0.15, 0.2) is 0 Å². The summed E-state index contributed by atoms with van der Waals surface area (Å²) in [7, 11) is 0. The molecule has 1 heterocycles. The van der Waals surface area contributed by atoms with Gasteiger partial charge in [0, 0.05) is 18.5 Å². The second-order valence-corrected chi connectivity index (χ2v) is 11.0. The third-order valence-electron chi connectivity index (χ3n) is 8.49. The summed E-state index contributed by atoms with van der Waals surface area (Å²) in [6.07, 6.45) is 7.68. The van der Waals surface area contributed by atoms with Crippen molar-refractivity contribution in [1.82, 2.24) is 10.2 Å². The SMILES string of the molecule is O=C(N[C@@H](CO)c1ccccc1)[C@H]1CCCC[C@@H]1c1ccc(CN2CCCCC2c2ccc(O)cc2)cc1. The monoisotopic (exact) mass is 512 g/mol. The van der Waals surface area contributed by atoms with Crippen LogP contribution in [0.4, 0.5) is 0 Å². The molecule has 4 atom stereocenters. The molecule has 3 aromatic rings. The van der Waals surface area contributed by atoms with Crippen molar-refractivity contribution in [2.75, 3.05) is 13.2 Å². The average Bonchev–Trinajstić information content (AvgIpc) is 2.97. The molecule has 1 amide bonds. The summed E-state index contributed by atoms with van der Waals surface area (Å²) >= 11 is 0. The minimum Gasteiger partial charge on any atom is -0.508 e. The molecule has 0 aromatic heterocycles. The highest BCUT2D eigenvalue weighted by atomic mass is 16.3. The third kappa shape index (κ3) is 6.28. The van der Waals surface area contributed by atoms with E-state index in [1.54, 1.807) is 12.1 Å². The van der Waals surface area contributed by atoms with Crippen molar-refractivity contribution in [3.63, 3.8) is 0 Å². The van der Waals surface area contributed by atoms with Gasteiger partial charge in [0.1, 0.15) is 5.75 Å². The van der Waals surface area contributed by atoms with Gasteiger partial charge in [-0.25, -0.2) is 0 Å². The molecule has 1 aliphatic carbocycles. The average molecular weight is 513 g/mol. The van der Waals surface area contributed by atoms with Crippen LogP contribution < -0.4 is 5.32 Å². The largest absolute Gasteiger partial charge is 0.508 e. The number of aliphatic hydroxyl groups is 1. The van der Waals surface area contributed by atoms with Crippen LogP contribution >= 0.6 is 0 Å². The molecular formula is C33H40N2O3. The van der Waals surface area contributed by atoms with Crippen LogP contribution in [0.5, 0.6) is 5.75 Å². The Morgan fingerprint density at radius 3 is 2.26 bits per heavy atom. The number of benzene rings is 3. The topological polar surface area (TPSA) is 72.8 Å². The van der Waals surface area contributed by atoms with Crippen LogP contribution in [0.25, 0.3) is 0 Å². The fourth-order valence-electron chi connectivity index (χ4n) is 6.40. The molecule has 3 N–H and O–H groups in total. The molecule has 1 saturated carbocycles. The summed E-state index contributed by atoms with van der Waals surface area (Å²) < 4.78 is 0. The molecular weight excluding hydrogens is 472 g/mol. The van der Waals surface area contributed by atoms with Crippen LogP contribution in [0.1, 0.15) is 85.2 Å². The summed E-state index contributed by atoms with van der Waals surface area (Å²) in [6, 6.07) is 26.3. The summed E-state index contributed by atoms with van der Waals surface area (Å²) in [4.78, 5) is 16.0. The molecule has 0 bridgehead atoms. The lowest BCUT2D eigenvalue weighted by molar-refractivity contribution is -0.127. The predicted octanol–water partition coefficient (Wildman–Crippen LogP) is 6.24. The number of amides is 1. The van der Waals surface area contributed by atoms with E-state index in [4.69, 9.17) is 0 Å². The molecule has 2 fully saturated rings. The Kier molecular flexibility index (Phi) is 8.77. The summed E-state index contributed by atoms with van der Waals surface area (Å²) in [5.41, 5.74) is 4.73. The Bertz CT molecular complexity index is 1160. The number of nitrogens with one attached hydrogen (secondary N) is 1. The van der Waals surface area contributed by atoms with Crippen LogP contribution in [0.3, 0.4) is 0 Å². The van der Waals surface area contributed by atoms with E-state index in [2.05, 4.69) is 46.6 Å². The first kappa shape index (κ1) is 26.5. The van der Waals surface area contributed by atoms with Crippen LogP contribution in [0.2, 0.25) is 0 Å². The first-order valence-corrected chi connectivity index (χ1v) is 14.2. The van der Waals surface area contributed by atoms with E-state index in [0.29, 0.717) is 11.8 Å². The van der Waals surface area contributed by atoms with Crippen molar-refractivity contribution >= 4 is 5.91 Å². The summed E-state index contributed by atoms with van der Waals surface area (Å²) in [6.45, 7) is 1.87. The molecule has 1 aliphatic heterocycles. The molecule has 0 spiro atoms. The van der Waals surface area contributed by atoms with Gasteiger partial charge in [-0.2, -0.15) is 0 Å². The number of carbonyl (C=O) groups excluding carboxylic acids is 1. The molecule has 5 heteroatoms. The fourth-order valence-corrected chi connectivity index (χ4v) is 6.40. The maximum Gasteiger partial charge on any atom is 0.224 e. The minimum absolute atomic E-state index is 0.0479. The number of phenols is 1. The van der Waals surface area contributed by atoms with E-state index in [9.17, 15) is 15.0 Å². The van der Waals surface area contributed by atoms with Crippen molar-refractivity contribution in [3.05, 3.63) is 101 Å². The molecule has 38 heavy (non-hydrogen) atoms. The number of phenolic OH excluding ortho intramolecular Hbond substituents is 1. The van der Waals surface area contributed by atoms with Crippen LogP contribution in [0, 0.1) is 5.92 Å². The highest BCUT2D eigenvalue weighted by molar-refractivity contribution is 5.80. The van der Waals surface area contributed by atoms with E-state index in [1.165, 1.54) is 29.5 Å². The van der Waals surface area contributed by atoms with Gasteiger partial charge in [-0.3, -0.25) is 9.69 Å². The highest BCUT2D eigenvalue weighted by Gasteiger charge is 2.33. The number of piperidine rings is 1. The third-order valence-corrected chi connectivity index (χ3v) is 8.49. The lowest BCUT2D eigenvalue weighted by Gasteiger charge is -2.36. The number of hydrogen-bond donors (Lipinski definition) is 3. The van der Waals surface area contributed by atoms with Crippen molar-refractivity contribution in [3.8, 4) is 5.75 Å².